The van der Waals surface area contributed by atoms with Gasteiger partial charge >= 0.3 is 0 Å². The Kier molecular flexibility index (Phi) is 6.45. The van der Waals surface area contributed by atoms with Gasteiger partial charge in [0, 0.05) is 0 Å². The van der Waals surface area contributed by atoms with Crippen molar-refractivity contribution in [2.45, 2.75) is 77.6 Å². The number of hydrogen-bond acceptors (Lipinski definition) is 2. The second-order valence-electron chi connectivity index (χ2n) is 8.17. The van der Waals surface area contributed by atoms with Crippen LogP contribution in [0.15, 0.2) is 23.8 Å². The molecule has 0 aliphatic heterocycles. The summed E-state index contributed by atoms with van der Waals surface area (Å²) in [6, 6.07) is 0. The van der Waals surface area contributed by atoms with Crippen LogP contribution in [0.1, 0.15) is 53.4 Å². The first-order chi connectivity index (χ1) is 9.53. The molecule has 0 aromatic rings. The van der Waals surface area contributed by atoms with Crippen molar-refractivity contribution in [3.05, 3.63) is 23.8 Å². The van der Waals surface area contributed by atoms with Crippen LogP contribution in [-0.4, -0.2) is 26.1 Å². The quantitative estimate of drug-likeness (QED) is 0.549. The zero-order valence-electron chi connectivity index (χ0n) is 14.8. The molecule has 0 heterocycles. The zero-order chi connectivity index (χ0) is 16.3. The third-order valence-electron chi connectivity index (χ3n) is 5.12. The average molecular weight is 311 g/mol. The molecule has 21 heavy (non-hydrogen) atoms. The molecular formula is C18H34O2Si. The molecule has 0 spiro atoms. The van der Waals surface area contributed by atoms with E-state index >= 15 is 0 Å². The lowest BCUT2D eigenvalue weighted by Crippen LogP contribution is -2.41. The summed E-state index contributed by atoms with van der Waals surface area (Å²) in [4.78, 5) is 0. The smallest absolute Gasteiger partial charge is 0.192 e. The third-order valence-corrected chi connectivity index (χ3v) is 9.60. The van der Waals surface area contributed by atoms with Gasteiger partial charge in [0.1, 0.15) is 0 Å². The van der Waals surface area contributed by atoms with Crippen LogP contribution in [0.5, 0.6) is 0 Å². The van der Waals surface area contributed by atoms with Gasteiger partial charge in [-0.1, -0.05) is 45.9 Å². The van der Waals surface area contributed by atoms with Crippen molar-refractivity contribution in [1.29, 1.82) is 0 Å². The lowest BCUT2D eigenvalue weighted by Gasteiger charge is -2.36. The molecular weight excluding hydrogens is 276 g/mol. The SMILES string of the molecule is C=C(CO[Si](C)(C)C(C)(C)C)[C@H](O)CC1=CC[C@H](C)CC1. The summed E-state index contributed by atoms with van der Waals surface area (Å²) in [5.41, 5.74) is 2.20. The number of rotatable bonds is 6. The fourth-order valence-electron chi connectivity index (χ4n) is 2.18. The monoisotopic (exact) mass is 310 g/mol. The Labute approximate surface area is 132 Å². The molecule has 0 aromatic carbocycles. The molecule has 0 unspecified atom stereocenters. The van der Waals surface area contributed by atoms with Gasteiger partial charge in [0.2, 0.25) is 0 Å². The number of allylic oxidation sites excluding steroid dienone is 1. The highest BCUT2D eigenvalue weighted by Gasteiger charge is 2.37. The molecule has 0 amide bonds. The van der Waals surface area contributed by atoms with E-state index in [4.69, 9.17) is 4.43 Å². The number of aliphatic hydroxyl groups excluding tert-OH is 1. The predicted octanol–water partition coefficient (Wildman–Crippen LogP) is 5.06. The van der Waals surface area contributed by atoms with Crippen LogP contribution >= 0.6 is 0 Å². The molecule has 0 radical (unpaired) electrons. The maximum atomic E-state index is 10.3. The standard InChI is InChI=1S/C18H34O2Si/c1-14-8-10-16(11-9-14)12-17(19)15(2)13-20-21(6,7)18(3,4)5/h10,14,17,19H,2,8-9,11-13H2,1,3-7H3/t14-,17+/m0/s1. The summed E-state index contributed by atoms with van der Waals surface area (Å²) < 4.78 is 6.14. The van der Waals surface area contributed by atoms with E-state index in [1.165, 1.54) is 12.0 Å². The molecule has 0 bridgehead atoms. The summed E-state index contributed by atoms with van der Waals surface area (Å²) in [5.74, 6) is 0.788. The Hall–Kier alpha value is -0.383. The summed E-state index contributed by atoms with van der Waals surface area (Å²) in [5, 5.41) is 10.5. The van der Waals surface area contributed by atoms with Crippen molar-refractivity contribution in [2.24, 2.45) is 5.92 Å². The second kappa shape index (κ2) is 7.25. The topological polar surface area (TPSA) is 29.5 Å². The maximum absolute atomic E-state index is 10.3. The molecule has 1 aliphatic carbocycles. The van der Waals surface area contributed by atoms with Gasteiger partial charge in [0.15, 0.2) is 8.32 Å². The van der Waals surface area contributed by atoms with Crippen molar-refractivity contribution in [1.82, 2.24) is 0 Å². The van der Waals surface area contributed by atoms with E-state index in [-0.39, 0.29) is 5.04 Å². The lowest BCUT2D eigenvalue weighted by atomic mass is 9.88. The van der Waals surface area contributed by atoms with E-state index in [0.29, 0.717) is 6.61 Å². The largest absolute Gasteiger partial charge is 0.413 e. The van der Waals surface area contributed by atoms with Gasteiger partial charge in [0.05, 0.1) is 12.7 Å². The van der Waals surface area contributed by atoms with E-state index < -0.39 is 14.4 Å². The van der Waals surface area contributed by atoms with Gasteiger partial charge in [-0.25, -0.2) is 0 Å². The highest BCUT2D eigenvalue weighted by molar-refractivity contribution is 6.74. The lowest BCUT2D eigenvalue weighted by molar-refractivity contribution is 0.187. The molecule has 2 nitrogen and oxygen atoms in total. The van der Waals surface area contributed by atoms with Crippen molar-refractivity contribution < 1.29 is 9.53 Å². The normalized spacial score (nSPS) is 21.9. The molecule has 0 saturated carbocycles. The molecule has 1 N–H and O–H groups in total. The Morgan fingerprint density at radius 2 is 2.10 bits per heavy atom. The third kappa shape index (κ3) is 5.72. The van der Waals surface area contributed by atoms with E-state index in [0.717, 1.165) is 30.8 Å². The van der Waals surface area contributed by atoms with Crippen molar-refractivity contribution in [2.75, 3.05) is 6.61 Å². The summed E-state index contributed by atoms with van der Waals surface area (Å²) >= 11 is 0. The average Bonchev–Trinajstić information content (AvgIpc) is 2.37. The van der Waals surface area contributed by atoms with Crippen LogP contribution < -0.4 is 0 Å². The molecule has 0 fully saturated rings. The first-order valence-electron chi connectivity index (χ1n) is 8.20. The number of aliphatic hydroxyl groups is 1. The molecule has 0 aromatic heterocycles. The highest BCUT2D eigenvalue weighted by Crippen LogP contribution is 2.37. The Morgan fingerprint density at radius 3 is 2.57 bits per heavy atom. The minimum atomic E-state index is -1.76. The van der Waals surface area contributed by atoms with Crippen LogP contribution in [0.2, 0.25) is 18.1 Å². The van der Waals surface area contributed by atoms with Gasteiger partial charge in [-0.3, -0.25) is 0 Å². The van der Waals surface area contributed by atoms with Gasteiger partial charge < -0.3 is 9.53 Å². The van der Waals surface area contributed by atoms with Crippen molar-refractivity contribution in [3.63, 3.8) is 0 Å². The minimum absolute atomic E-state index is 0.195. The maximum Gasteiger partial charge on any atom is 0.192 e. The minimum Gasteiger partial charge on any atom is -0.413 e. The van der Waals surface area contributed by atoms with Gasteiger partial charge in [-0.2, -0.15) is 0 Å². The summed E-state index contributed by atoms with van der Waals surface area (Å²) in [6.07, 6.45) is 6.08. The van der Waals surface area contributed by atoms with E-state index in [2.05, 4.69) is 53.4 Å². The molecule has 2 atom stereocenters. The van der Waals surface area contributed by atoms with Crippen LogP contribution in [0.3, 0.4) is 0 Å². The van der Waals surface area contributed by atoms with E-state index in [1.54, 1.807) is 0 Å². The fraction of sp³-hybridized carbons (Fsp3) is 0.778. The number of hydrogen-bond donors (Lipinski definition) is 1. The van der Waals surface area contributed by atoms with Crippen LogP contribution in [-0.2, 0) is 4.43 Å². The van der Waals surface area contributed by atoms with E-state index in [1.807, 2.05) is 0 Å². The van der Waals surface area contributed by atoms with Gasteiger partial charge in [-0.15, -0.1) is 0 Å². The van der Waals surface area contributed by atoms with E-state index in [9.17, 15) is 5.11 Å². The summed E-state index contributed by atoms with van der Waals surface area (Å²) in [7, 11) is -1.76. The Morgan fingerprint density at radius 1 is 1.48 bits per heavy atom. The highest BCUT2D eigenvalue weighted by atomic mass is 28.4. The second-order valence-corrected chi connectivity index (χ2v) is 13.0. The molecule has 1 aliphatic rings. The molecule has 3 heteroatoms. The molecule has 122 valence electrons. The van der Waals surface area contributed by atoms with Crippen molar-refractivity contribution in [3.8, 4) is 0 Å². The zero-order valence-corrected chi connectivity index (χ0v) is 15.8. The van der Waals surface area contributed by atoms with Crippen LogP contribution in [0, 0.1) is 5.92 Å². The van der Waals surface area contributed by atoms with Gasteiger partial charge in [0.25, 0.3) is 0 Å². The predicted molar refractivity (Wildman–Crippen MR) is 94.0 cm³/mol. The van der Waals surface area contributed by atoms with Gasteiger partial charge in [-0.05, 0) is 55.3 Å². The Balaban J connectivity index is 2.45. The first kappa shape index (κ1) is 18.7. The van der Waals surface area contributed by atoms with Crippen LogP contribution in [0.4, 0.5) is 0 Å². The first-order valence-corrected chi connectivity index (χ1v) is 11.1. The van der Waals surface area contributed by atoms with Crippen LogP contribution in [0.25, 0.3) is 0 Å². The molecule has 0 saturated heterocycles. The van der Waals surface area contributed by atoms with Crippen molar-refractivity contribution >= 4 is 8.32 Å². The summed E-state index contributed by atoms with van der Waals surface area (Å²) in [6.45, 7) is 18.0. The molecule has 1 rings (SSSR count). The fourth-order valence-corrected chi connectivity index (χ4v) is 3.16. The Bertz CT molecular complexity index is 391.